The van der Waals surface area contributed by atoms with Gasteiger partial charge in [0.25, 0.3) is 0 Å². The Balaban J connectivity index is 3.04. The van der Waals surface area contributed by atoms with E-state index in [4.69, 9.17) is 28.5 Å². The average molecular weight is 268 g/mol. The third-order valence-corrected chi connectivity index (χ3v) is 2.47. The molecule has 0 saturated carbocycles. The fraction of sp³-hybridized carbons (Fsp3) is 0.300. The number of alkyl halides is 4. The van der Waals surface area contributed by atoms with Crippen LogP contribution < -0.4 is 0 Å². The summed E-state index contributed by atoms with van der Waals surface area (Å²) in [6.07, 6.45) is -4.44. The van der Waals surface area contributed by atoms with Gasteiger partial charge in [-0.3, -0.25) is 0 Å². The van der Waals surface area contributed by atoms with Crippen LogP contribution in [0.3, 0.4) is 0 Å². The SMILES string of the molecule is N#CC(Cl)Cc1ccc(Cl)c(C(F)(F)F)c1. The van der Waals surface area contributed by atoms with Gasteiger partial charge in [0.2, 0.25) is 0 Å². The predicted octanol–water partition coefficient (Wildman–Crippen LogP) is 4.03. The van der Waals surface area contributed by atoms with E-state index in [-0.39, 0.29) is 11.4 Å². The minimum absolute atomic E-state index is 0.0539. The normalized spacial score (nSPS) is 13.2. The van der Waals surface area contributed by atoms with Gasteiger partial charge in [-0.15, -0.1) is 11.6 Å². The first-order chi connectivity index (χ1) is 7.34. The molecule has 0 fully saturated rings. The van der Waals surface area contributed by atoms with Crippen LogP contribution in [0.2, 0.25) is 5.02 Å². The summed E-state index contributed by atoms with van der Waals surface area (Å²) in [5.74, 6) is 0. The Kier molecular flexibility index (Phi) is 4.06. The first kappa shape index (κ1) is 13.1. The lowest BCUT2D eigenvalue weighted by atomic mass is 10.1. The van der Waals surface area contributed by atoms with Crippen LogP contribution in [0.4, 0.5) is 13.2 Å². The summed E-state index contributed by atoms with van der Waals surface area (Å²) in [5, 5.41) is 7.24. The maximum atomic E-state index is 12.5. The van der Waals surface area contributed by atoms with Crippen LogP contribution in [0.1, 0.15) is 11.1 Å². The predicted molar refractivity (Wildman–Crippen MR) is 55.4 cm³/mol. The molecule has 0 aliphatic rings. The van der Waals surface area contributed by atoms with E-state index in [0.29, 0.717) is 5.56 Å². The summed E-state index contributed by atoms with van der Waals surface area (Å²) >= 11 is 11.0. The fourth-order valence-corrected chi connectivity index (χ4v) is 1.57. The van der Waals surface area contributed by atoms with Gasteiger partial charge in [-0.2, -0.15) is 18.4 Å². The van der Waals surface area contributed by atoms with Gasteiger partial charge in [0.05, 0.1) is 16.7 Å². The number of halogens is 5. The van der Waals surface area contributed by atoms with E-state index >= 15 is 0 Å². The first-order valence-corrected chi connectivity index (χ1v) is 5.05. The Morgan fingerprint density at radius 1 is 1.38 bits per heavy atom. The van der Waals surface area contributed by atoms with Crippen molar-refractivity contribution in [2.24, 2.45) is 0 Å². The van der Waals surface area contributed by atoms with Crippen molar-refractivity contribution in [1.29, 1.82) is 5.26 Å². The second kappa shape index (κ2) is 4.94. The van der Waals surface area contributed by atoms with Gasteiger partial charge in [-0.05, 0) is 17.7 Å². The topological polar surface area (TPSA) is 23.8 Å². The summed E-state index contributed by atoms with van der Waals surface area (Å²) in [6, 6.07) is 5.22. The van der Waals surface area contributed by atoms with Crippen molar-refractivity contribution in [1.82, 2.24) is 0 Å². The molecule has 0 bridgehead atoms. The summed E-state index contributed by atoms with van der Waals surface area (Å²) in [4.78, 5) is 0. The fourth-order valence-electron chi connectivity index (χ4n) is 1.17. The zero-order chi connectivity index (χ0) is 12.3. The summed E-state index contributed by atoms with van der Waals surface area (Å²) < 4.78 is 37.4. The van der Waals surface area contributed by atoms with Crippen molar-refractivity contribution in [3.05, 3.63) is 34.3 Å². The highest BCUT2D eigenvalue weighted by molar-refractivity contribution is 6.31. The summed E-state index contributed by atoms with van der Waals surface area (Å²) in [5.41, 5.74) is -0.577. The molecule has 86 valence electrons. The molecule has 0 aliphatic carbocycles. The highest BCUT2D eigenvalue weighted by atomic mass is 35.5. The molecule has 0 aliphatic heterocycles. The lowest BCUT2D eigenvalue weighted by Gasteiger charge is -2.10. The molecule has 0 aromatic heterocycles. The van der Waals surface area contributed by atoms with Crippen LogP contribution in [-0.4, -0.2) is 5.38 Å². The number of rotatable bonds is 2. The standard InChI is InChI=1S/C10H6Cl2F3N/c11-7(5-16)3-6-1-2-9(12)8(4-6)10(13,14)15/h1-2,4,7H,3H2. The van der Waals surface area contributed by atoms with Gasteiger partial charge in [0.15, 0.2) is 0 Å². The molecule has 1 aromatic rings. The number of hydrogen-bond donors (Lipinski definition) is 0. The molecule has 16 heavy (non-hydrogen) atoms. The van der Waals surface area contributed by atoms with Gasteiger partial charge in [0, 0.05) is 6.42 Å². The Morgan fingerprint density at radius 2 is 2.00 bits per heavy atom. The van der Waals surface area contributed by atoms with Crippen molar-refractivity contribution < 1.29 is 13.2 Å². The lowest BCUT2D eigenvalue weighted by Crippen LogP contribution is -2.08. The van der Waals surface area contributed by atoms with E-state index in [1.54, 1.807) is 6.07 Å². The van der Waals surface area contributed by atoms with Crippen molar-refractivity contribution >= 4 is 23.2 Å². The molecule has 6 heteroatoms. The Hall–Kier alpha value is -0.920. The van der Waals surface area contributed by atoms with E-state index in [9.17, 15) is 13.2 Å². The molecule has 1 atom stereocenters. The second-order valence-electron chi connectivity index (χ2n) is 3.11. The lowest BCUT2D eigenvalue weighted by molar-refractivity contribution is -0.137. The maximum Gasteiger partial charge on any atom is 0.417 e. The highest BCUT2D eigenvalue weighted by Crippen LogP contribution is 2.35. The third-order valence-electron chi connectivity index (χ3n) is 1.89. The number of benzene rings is 1. The average Bonchev–Trinajstić information content (AvgIpc) is 2.19. The Labute approximate surface area is 100 Å². The molecule has 1 nitrogen and oxygen atoms in total. The van der Waals surface area contributed by atoms with E-state index in [1.807, 2.05) is 0 Å². The van der Waals surface area contributed by atoms with Crippen molar-refractivity contribution in [2.75, 3.05) is 0 Å². The van der Waals surface area contributed by atoms with Crippen LogP contribution in [0.15, 0.2) is 18.2 Å². The van der Waals surface area contributed by atoms with E-state index in [2.05, 4.69) is 0 Å². The number of nitrogens with zero attached hydrogens (tertiary/aromatic N) is 1. The van der Waals surface area contributed by atoms with Crippen molar-refractivity contribution in [3.8, 4) is 6.07 Å². The van der Waals surface area contributed by atoms with Gasteiger partial charge >= 0.3 is 6.18 Å². The van der Waals surface area contributed by atoms with Crippen LogP contribution in [0.25, 0.3) is 0 Å². The van der Waals surface area contributed by atoms with Crippen LogP contribution in [0.5, 0.6) is 0 Å². The van der Waals surface area contributed by atoms with E-state index in [1.165, 1.54) is 6.07 Å². The smallest absolute Gasteiger partial charge is 0.197 e. The van der Waals surface area contributed by atoms with E-state index in [0.717, 1.165) is 12.1 Å². The zero-order valence-corrected chi connectivity index (χ0v) is 9.37. The van der Waals surface area contributed by atoms with Gasteiger partial charge in [0.1, 0.15) is 5.38 Å². The summed E-state index contributed by atoms with van der Waals surface area (Å²) in [7, 11) is 0. The molecule has 0 saturated heterocycles. The quantitative estimate of drug-likeness (QED) is 0.743. The van der Waals surface area contributed by atoms with Gasteiger partial charge < -0.3 is 0 Å². The van der Waals surface area contributed by atoms with Crippen LogP contribution in [-0.2, 0) is 12.6 Å². The molecule has 1 rings (SSSR count). The van der Waals surface area contributed by atoms with E-state index < -0.39 is 17.1 Å². The molecular formula is C10H6Cl2F3N. The number of nitriles is 1. The molecular weight excluding hydrogens is 262 g/mol. The van der Waals surface area contributed by atoms with Crippen molar-refractivity contribution in [3.63, 3.8) is 0 Å². The molecule has 1 aromatic carbocycles. The molecule has 1 unspecified atom stereocenters. The maximum absolute atomic E-state index is 12.5. The molecule has 0 spiro atoms. The number of hydrogen-bond acceptors (Lipinski definition) is 1. The van der Waals surface area contributed by atoms with Gasteiger partial charge in [-0.25, -0.2) is 0 Å². The van der Waals surface area contributed by atoms with Crippen molar-refractivity contribution in [2.45, 2.75) is 18.0 Å². The molecule has 0 heterocycles. The third kappa shape index (κ3) is 3.29. The minimum atomic E-state index is -4.50. The van der Waals surface area contributed by atoms with Gasteiger partial charge in [-0.1, -0.05) is 17.7 Å². The first-order valence-electron chi connectivity index (χ1n) is 4.24. The minimum Gasteiger partial charge on any atom is -0.197 e. The van der Waals surface area contributed by atoms with Crippen LogP contribution in [0, 0.1) is 11.3 Å². The monoisotopic (exact) mass is 267 g/mol. The molecule has 0 amide bonds. The Morgan fingerprint density at radius 3 is 2.50 bits per heavy atom. The Bertz CT molecular complexity index is 423. The summed E-state index contributed by atoms with van der Waals surface area (Å²) in [6.45, 7) is 0. The zero-order valence-electron chi connectivity index (χ0n) is 7.85. The molecule has 0 radical (unpaired) electrons. The van der Waals surface area contributed by atoms with Crippen LogP contribution >= 0.6 is 23.2 Å². The second-order valence-corrected chi connectivity index (χ2v) is 4.05. The molecule has 0 N–H and O–H groups in total. The highest BCUT2D eigenvalue weighted by Gasteiger charge is 2.33. The largest absolute Gasteiger partial charge is 0.417 e.